The lowest BCUT2D eigenvalue weighted by Gasteiger charge is -2.25. The fourth-order valence-corrected chi connectivity index (χ4v) is 6.71. The molecule has 0 saturated carbocycles. The number of aliphatic hydroxyl groups excluding tert-OH is 5. The number of aliphatic carboxylic acids is 1. The fraction of sp³-hybridized carbons (Fsp3) is 0.510. The van der Waals surface area contributed by atoms with Gasteiger partial charge in [0.1, 0.15) is 12.2 Å². The van der Waals surface area contributed by atoms with E-state index in [0.717, 1.165) is 47.6 Å². The molecule has 1 aromatic rings. The Morgan fingerprint density at radius 3 is 2.30 bits per heavy atom. The van der Waals surface area contributed by atoms with Crippen LogP contribution in [-0.4, -0.2) is 102 Å². The van der Waals surface area contributed by atoms with Crippen molar-refractivity contribution in [2.75, 3.05) is 0 Å². The van der Waals surface area contributed by atoms with Crippen molar-refractivity contribution in [2.24, 2.45) is 11.8 Å². The number of hydrogen-bond donors (Lipinski definition) is 7. The second kappa shape index (κ2) is 28.2. The monoisotopic (exact) mass is 877 g/mol. The van der Waals surface area contributed by atoms with Crippen LogP contribution >= 0.6 is 0 Å². The normalized spacial score (nSPS) is 23.1. The smallest absolute Gasteiger partial charge is 0.338 e. The molecular weight excluding hydrogens is 805 g/mol. The summed E-state index contributed by atoms with van der Waals surface area (Å²) < 4.78 is 11.6. The Labute approximate surface area is 374 Å². The Balaban J connectivity index is 0.000000487. The predicted octanol–water partition coefficient (Wildman–Crippen LogP) is 7.66. The Hall–Kier alpha value is -4.69. The summed E-state index contributed by atoms with van der Waals surface area (Å²) in [7, 11) is 0. The number of carboxylic acids is 1. The van der Waals surface area contributed by atoms with Crippen molar-refractivity contribution in [3.05, 3.63) is 125 Å². The zero-order chi connectivity index (χ0) is 47.1. The minimum Gasteiger partial charge on any atom is -0.478 e. The number of esters is 2. The third-order valence-corrected chi connectivity index (χ3v) is 10.4. The van der Waals surface area contributed by atoms with Gasteiger partial charge in [0.2, 0.25) is 0 Å². The molecule has 3 rings (SSSR count). The molecule has 63 heavy (non-hydrogen) atoms. The van der Waals surface area contributed by atoms with Gasteiger partial charge < -0.3 is 45.2 Å². The van der Waals surface area contributed by atoms with Crippen molar-refractivity contribution in [1.29, 1.82) is 0 Å². The summed E-state index contributed by atoms with van der Waals surface area (Å²) in [6.07, 6.45) is 21.9. The number of rotatable bonds is 17. The van der Waals surface area contributed by atoms with Gasteiger partial charge in [-0.05, 0) is 100 Å². The number of aliphatic hydroxyl groups is 6. The standard InChI is InChI=1S/C32H46O7.C19H26O5/c1-21(2)29-13-7-6-10-23(4)30(14-9-15-31(36)38-29)39-32(37)26-12-8-11-25(20-26)17-16-22(3)18-27(34)28(35)19-24(5)33;1-19(2,24)13-17(21)16(20)7-5-3-4-6-14-8-9-15(12-14)10-11-18(22)23/h6-8,11-12,16-18,20-21,23-24,27-30,33-35H,9-10,13-15,19H2,1-5H3;3-7,10-12,16-17,20-21,24H,8-9,13H2,1-2H3,(H,22,23)/b7-6+,17-16+,22-18+;4-3+,7-5+,11-10+,14-6+. The molecule has 1 heterocycles. The minimum absolute atomic E-state index is 0.0808. The molecule has 7 N–H and O–H groups in total. The fourth-order valence-electron chi connectivity index (χ4n) is 6.71. The Kier molecular flexibility index (Phi) is 24.3. The van der Waals surface area contributed by atoms with Crippen LogP contribution in [0.15, 0.2) is 114 Å². The zero-order valence-electron chi connectivity index (χ0n) is 38.0. The number of allylic oxidation sites excluding steroid dienone is 11. The number of carbonyl (C=O) groups is 3. The molecule has 0 radical (unpaired) electrons. The first-order valence-electron chi connectivity index (χ1n) is 21.9. The summed E-state index contributed by atoms with van der Waals surface area (Å²) in [5.41, 5.74) is 3.00. The third kappa shape index (κ3) is 23.5. The highest BCUT2D eigenvalue weighted by Gasteiger charge is 2.25. The van der Waals surface area contributed by atoms with Gasteiger partial charge in [0.15, 0.2) is 0 Å². The average Bonchev–Trinajstić information content (AvgIpc) is 3.66. The molecule has 348 valence electrons. The minimum atomic E-state index is -1.09. The first kappa shape index (κ1) is 54.4. The molecule has 8 unspecified atom stereocenters. The van der Waals surface area contributed by atoms with Gasteiger partial charge >= 0.3 is 17.9 Å². The van der Waals surface area contributed by atoms with Gasteiger partial charge in [0.25, 0.3) is 0 Å². The average molecular weight is 877 g/mol. The number of cyclic esters (lactones) is 1. The first-order chi connectivity index (χ1) is 29.6. The van der Waals surface area contributed by atoms with E-state index in [0.29, 0.717) is 31.2 Å². The van der Waals surface area contributed by atoms with Gasteiger partial charge in [-0.3, -0.25) is 4.79 Å². The van der Waals surface area contributed by atoms with Crippen molar-refractivity contribution < 1.29 is 59.6 Å². The second-order valence-electron chi connectivity index (χ2n) is 17.5. The van der Waals surface area contributed by atoms with Crippen LogP contribution in [0, 0.1) is 11.8 Å². The van der Waals surface area contributed by atoms with Crippen molar-refractivity contribution in [1.82, 2.24) is 0 Å². The maximum absolute atomic E-state index is 13.1. The van der Waals surface area contributed by atoms with Gasteiger partial charge in [-0.25, -0.2) is 9.59 Å². The molecule has 1 aliphatic heterocycles. The summed E-state index contributed by atoms with van der Waals surface area (Å²) in [5, 5.41) is 67.2. The van der Waals surface area contributed by atoms with Crippen LogP contribution in [0.2, 0.25) is 0 Å². The van der Waals surface area contributed by atoms with Gasteiger partial charge in [-0.1, -0.05) is 111 Å². The SMILES string of the molecule is CC(/C=C/c1cccc(C(=O)OC2CCCC(=O)OC(C(C)C)C/C=C/CC2C)c1)=C\C(O)C(O)CC(C)O.CC(C)(O)CC(O)C(O)/C=C/C=C/C=C1C=C(/C=C/C(=O)O)CC/1. The van der Waals surface area contributed by atoms with Crippen molar-refractivity contribution in [3.63, 3.8) is 0 Å². The van der Waals surface area contributed by atoms with Gasteiger partial charge in [0.05, 0.1) is 41.7 Å². The summed E-state index contributed by atoms with van der Waals surface area (Å²) in [6, 6.07) is 7.10. The Bertz CT molecular complexity index is 1840. The van der Waals surface area contributed by atoms with E-state index in [-0.39, 0.29) is 42.9 Å². The molecule has 0 spiro atoms. The summed E-state index contributed by atoms with van der Waals surface area (Å²) in [6.45, 7) is 12.7. The van der Waals surface area contributed by atoms with Crippen LogP contribution in [0.4, 0.5) is 0 Å². The third-order valence-electron chi connectivity index (χ3n) is 10.4. The lowest BCUT2D eigenvalue weighted by atomic mass is 9.94. The largest absolute Gasteiger partial charge is 0.478 e. The van der Waals surface area contributed by atoms with Gasteiger partial charge in [-0.15, -0.1) is 0 Å². The summed E-state index contributed by atoms with van der Waals surface area (Å²) >= 11 is 0. The number of benzene rings is 1. The molecule has 0 amide bonds. The van der Waals surface area contributed by atoms with Crippen molar-refractivity contribution in [3.8, 4) is 0 Å². The number of carbonyl (C=O) groups excluding carboxylic acids is 2. The van der Waals surface area contributed by atoms with E-state index < -0.39 is 48.1 Å². The lowest BCUT2D eigenvalue weighted by molar-refractivity contribution is -0.151. The Morgan fingerprint density at radius 1 is 0.921 bits per heavy atom. The maximum atomic E-state index is 13.1. The van der Waals surface area contributed by atoms with Crippen LogP contribution in [-0.2, 0) is 19.1 Å². The first-order valence-corrected chi connectivity index (χ1v) is 21.9. The number of carboxylic acid groups (broad SMARTS) is 1. The maximum Gasteiger partial charge on any atom is 0.338 e. The lowest BCUT2D eigenvalue weighted by Crippen LogP contribution is -2.33. The molecule has 8 atom stereocenters. The topological polar surface area (TPSA) is 211 Å². The molecule has 0 fully saturated rings. The highest BCUT2D eigenvalue weighted by molar-refractivity contribution is 5.90. The summed E-state index contributed by atoms with van der Waals surface area (Å²) in [4.78, 5) is 35.9. The molecule has 2 aliphatic rings. The van der Waals surface area contributed by atoms with Crippen molar-refractivity contribution in [2.45, 2.75) is 155 Å². The van der Waals surface area contributed by atoms with Crippen molar-refractivity contribution >= 4 is 24.0 Å². The van der Waals surface area contributed by atoms with E-state index in [1.165, 1.54) is 12.2 Å². The second-order valence-corrected chi connectivity index (χ2v) is 17.5. The van der Waals surface area contributed by atoms with Crippen LogP contribution < -0.4 is 0 Å². The molecule has 1 aromatic carbocycles. The van der Waals surface area contributed by atoms with Crippen LogP contribution in [0.25, 0.3) is 6.08 Å². The van der Waals surface area contributed by atoms with E-state index >= 15 is 0 Å². The summed E-state index contributed by atoms with van der Waals surface area (Å²) in [5.74, 6) is -1.23. The molecule has 0 aromatic heterocycles. The predicted molar refractivity (Wildman–Crippen MR) is 246 cm³/mol. The van der Waals surface area contributed by atoms with Crippen LogP contribution in [0.5, 0.6) is 0 Å². The Morgan fingerprint density at radius 2 is 1.63 bits per heavy atom. The van der Waals surface area contributed by atoms with Crippen LogP contribution in [0.1, 0.15) is 122 Å². The van der Waals surface area contributed by atoms with Gasteiger partial charge in [0, 0.05) is 31.8 Å². The molecule has 12 nitrogen and oxygen atoms in total. The van der Waals surface area contributed by atoms with E-state index in [4.69, 9.17) is 14.6 Å². The van der Waals surface area contributed by atoms with Crippen LogP contribution in [0.3, 0.4) is 0 Å². The molecular formula is C51H72O12. The van der Waals surface area contributed by atoms with E-state index in [2.05, 4.69) is 26.8 Å². The number of hydrogen-bond acceptors (Lipinski definition) is 11. The quantitative estimate of drug-likeness (QED) is 0.0348. The molecule has 0 bridgehead atoms. The van der Waals surface area contributed by atoms with E-state index in [9.17, 15) is 45.0 Å². The molecule has 0 saturated heterocycles. The van der Waals surface area contributed by atoms with E-state index in [1.807, 2.05) is 36.4 Å². The van der Waals surface area contributed by atoms with Gasteiger partial charge in [-0.2, -0.15) is 0 Å². The highest BCUT2D eigenvalue weighted by Crippen LogP contribution is 2.25. The molecule has 1 aliphatic carbocycles. The number of ether oxygens (including phenoxy) is 2. The molecule has 12 heteroatoms. The highest BCUT2D eigenvalue weighted by atomic mass is 16.5. The van der Waals surface area contributed by atoms with E-state index in [1.54, 1.807) is 70.2 Å². The zero-order valence-corrected chi connectivity index (χ0v) is 38.0.